The molecule has 1 aliphatic rings. The van der Waals surface area contributed by atoms with Crippen molar-refractivity contribution in [2.75, 3.05) is 0 Å². The quantitative estimate of drug-likeness (QED) is 0.515. The third-order valence-corrected chi connectivity index (χ3v) is 5.01. The van der Waals surface area contributed by atoms with Crippen LogP contribution in [0.3, 0.4) is 0 Å². The maximum absolute atomic E-state index is 11.2. The van der Waals surface area contributed by atoms with Gasteiger partial charge in [-0.05, 0) is 40.7 Å². The van der Waals surface area contributed by atoms with Gasteiger partial charge in [-0.2, -0.15) is 0 Å². The SMILES string of the molecule is C=CCC1(CC=C)c2ccccc2-c2ccc(C(C)C=O)cc21. The average molecular weight is 302 g/mol. The van der Waals surface area contributed by atoms with Gasteiger partial charge in [-0.15, -0.1) is 13.2 Å². The van der Waals surface area contributed by atoms with Crippen LogP contribution in [0.2, 0.25) is 0 Å². The maximum atomic E-state index is 11.2. The van der Waals surface area contributed by atoms with E-state index in [0.29, 0.717) is 0 Å². The van der Waals surface area contributed by atoms with Crippen molar-refractivity contribution in [3.05, 3.63) is 84.5 Å². The largest absolute Gasteiger partial charge is 0.303 e. The molecule has 2 aromatic carbocycles. The topological polar surface area (TPSA) is 17.1 Å². The second-order valence-corrected chi connectivity index (χ2v) is 6.34. The Labute approximate surface area is 138 Å². The lowest BCUT2D eigenvalue weighted by atomic mass is 9.72. The number of hydrogen-bond acceptors (Lipinski definition) is 1. The maximum Gasteiger partial charge on any atom is 0.127 e. The molecule has 1 nitrogen and oxygen atoms in total. The predicted molar refractivity (Wildman–Crippen MR) is 96.8 cm³/mol. The van der Waals surface area contributed by atoms with Crippen molar-refractivity contribution in [1.82, 2.24) is 0 Å². The molecule has 3 rings (SSSR count). The molecule has 0 fully saturated rings. The Morgan fingerprint density at radius 3 is 2.30 bits per heavy atom. The molecule has 116 valence electrons. The van der Waals surface area contributed by atoms with Gasteiger partial charge >= 0.3 is 0 Å². The van der Waals surface area contributed by atoms with E-state index in [1.54, 1.807) is 0 Å². The molecule has 1 unspecified atom stereocenters. The van der Waals surface area contributed by atoms with Crippen molar-refractivity contribution in [2.24, 2.45) is 0 Å². The predicted octanol–water partition coefficient (Wildman–Crippen LogP) is 5.41. The van der Waals surface area contributed by atoms with Crippen LogP contribution in [0.4, 0.5) is 0 Å². The van der Waals surface area contributed by atoms with Gasteiger partial charge in [0.1, 0.15) is 6.29 Å². The Balaban J connectivity index is 2.30. The number of benzene rings is 2. The zero-order chi connectivity index (χ0) is 16.4. The molecule has 0 amide bonds. The standard InChI is InChI=1S/C22H22O/c1-4-12-22(13-5-2)20-9-7-6-8-18(20)19-11-10-17(14-21(19)22)16(3)15-23/h4-11,14-16H,1-2,12-13H2,3H3. The van der Waals surface area contributed by atoms with E-state index >= 15 is 0 Å². The third kappa shape index (κ3) is 2.28. The summed E-state index contributed by atoms with van der Waals surface area (Å²) >= 11 is 0. The monoisotopic (exact) mass is 302 g/mol. The Hall–Kier alpha value is -2.41. The van der Waals surface area contributed by atoms with Crippen LogP contribution >= 0.6 is 0 Å². The van der Waals surface area contributed by atoms with Crippen molar-refractivity contribution in [3.8, 4) is 11.1 Å². The van der Waals surface area contributed by atoms with Crippen molar-refractivity contribution >= 4 is 6.29 Å². The van der Waals surface area contributed by atoms with E-state index < -0.39 is 0 Å². The molecule has 0 radical (unpaired) electrons. The van der Waals surface area contributed by atoms with Gasteiger partial charge < -0.3 is 4.79 Å². The number of carbonyl (C=O) groups excluding carboxylic acids is 1. The van der Waals surface area contributed by atoms with Crippen LogP contribution in [0.5, 0.6) is 0 Å². The summed E-state index contributed by atoms with van der Waals surface area (Å²) in [4.78, 5) is 11.2. The van der Waals surface area contributed by atoms with Crippen molar-refractivity contribution in [1.29, 1.82) is 0 Å². The van der Waals surface area contributed by atoms with E-state index in [1.165, 1.54) is 22.3 Å². The molecular weight excluding hydrogens is 280 g/mol. The molecule has 0 heterocycles. The summed E-state index contributed by atoms with van der Waals surface area (Å²) < 4.78 is 0. The number of fused-ring (bicyclic) bond motifs is 3. The van der Waals surface area contributed by atoms with Crippen LogP contribution < -0.4 is 0 Å². The fourth-order valence-corrected chi connectivity index (χ4v) is 3.85. The van der Waals surface area contributed by atoms with E-state index in [4.69, 9.17) is 0 Å². The normalized spacial score (nSPS) is 15.3. The van der Waals surface area contributed by atoms with Crippen LogP contribution in [0.25, 0.3) is 11.1 Å². The molecule has 2 aromatic rings. The Bertz CT molecular complexity index is 759. The lowest BCUT2D eigenvalue weighted by Gasteiger charge is -2.30. The summed E-state index contributed by atoms with van der Waals surface area (Å²) in [5.41, 5.74) is 6.15. The van der Waals surface area contributed by atoms with E-state index in [1.807, 2.05) is 19.1 Å². The first kappa shape index (κ1) is 15.5. The van der Waals surface area contributed by atoms with Gasteiger partial charge in [0.15, 0.2) is 0 Å². The molecule has 23 heavy (non-hydrogen) atoms. The molecular formula is C22H22O. The molecule has 0 bridgehead atoms. The molecule has 0 N–H and O–H groups in total. The van der Waals surface area contributed by atoms with Gasteiger partial charge in [-0.25, -0.2) is 0 Å². The van der Waals surface area contributed by atoms with Crippen LogP contribution in [-0.4, -0.2) is 6.29 Å². The third-order valence-electron chi connectivity index (χ3n) is 5.01. The lowest BCUT2D eigenvalue weighted by Crippen LogP contribution is -2.24. The van der Waals surface area contributed by atoms with Gasteiger partial charge in [0.25, 0.3) is 0 Å². The zero-order valence-electron chi connectivity index (χ0n) is 13.6. The molecule has 0 saturated carbocycles. The van der Waals surface area contributed by atoms with Crippen LogP contribution in [-0.2, 0) is 10.2 Å². The number of aldehydes is 1. The van der Waals surface area contributed by atoms with Crippen LogP contribution in [0.1, 0.15) is 42.4 Å². The number of carbonyl (C=O) groups is 1. The second-order valence-electron chi connectivity index (χ2n) is 6.34. The van der Waals surface area contributed by atoms with Crippen LogP contribution in [0.15, 0.2) is 67.8 Å². The summed E-state index contributed by atoms with van der Waals surface area (Å²) in [6.07, 6.45) is 6.72. The van der Waals surface area contributed by atoms with E-state index in [9.17, 15) is 4.79 Å². The van der Waals surface area contributed by atoms with Crippen LogP contribution in [0, 0.1) is 0 Å². The van der Waals surface area contributed by atoms with Crippen molar-refractivity contribution in [3.63, 3.8) is 0 Å². The molecule has 1 atom stereocenters. The highest BCUT2D eigenvalue weighted by atomic mass is 16.1. The lowest BCUT2D eigenvalue weighted by molar-refractivity contribution is -0.108. The molecule has 0 aromatic heterocycles. The van der Waals surface area contributed by atoms with Gasteiger partial charge in [0, 0.05) is 11.3 Å². The van der Waals surface area contributed by atoms with E-state index in [0.717, 1.165) is 24.7 Å². The van der Waals surface area contributed by atoms with Gasteiger partial charge in [-0.3, -0.25) is 0 Å². The van der Waals surface area contributed by atoms with Gasteiger partial charge in [0.2, 0.25) is 0 Å². The smallest absolute Gasteiger partial charge is 0.127 e. The van der Waals surface area contributed by atoms with E-state index in [2.05, 4.69) is 55.6 Å². The fourth-order valence-electron chi connectivity index (χ4n) is 3.85. The first-order valence-electron chi connectivity index (χ1n) is 8.09. The van der Waals surface area contributed by atoms with Crippen molar-refractivity contribution in [2.45, 2.75) is 31.1 Å². The molecule has 0 spiro atoms. The highest BCUT2D eigenvalue weighted by Crippen LogP contribution is 2.53. The fraction of sp³-hybridized carbons (Fsp3) is 0.227. The van der Waals surface area contributed by atoms with Crippen molar-refractivity contribution < 1.29 is 4.79 Å². The average Bonchev–Trinajstić information content (AvgIpc) is 2.85. The Morgan fingerprint density at radius 2 is 1.65 bits per heavy atom. The molecule has 1 heteroatoms. The summed E-state index contributed by atoms with van der Waals surface area (Å²) in [6.45, 7) is 9.91. The minimum absolute atomic E-state index is 0.0887. The Kier molecular flexibility index (Phi) is 4.04. The number of rotatable bonds is 6. The van der Waals surface area contributed by atoms with Gasteiger partial charge in [-0.1, -0.05) is 61.5 Å². The number of hydrogen-bond donors (Lipinski definition) is 0. The highest BCUT2D eigenvalue weighted by molar-refractivity contribution is 5.82. The number of allylic oxidation sites excluding steroid dienone is 2. The second kappa shape index (κ2) is 6.00. The van der Waals surface area contributed by atoms with E-state index in [-0.39, 0.29) is 11.3 Å². The summed E-state index contributed by atoms with van der Waals surface area (Å²) in [7, 11) is 0. The molecule has 1 aliphatic carbocycles. The highest BCUT2D eigenvalue weighted by Gasteiger charge is 2.41. The summed E-state index contributed by atoms with van der Waals surface area (Å²) in [6, 6.07) is 15.0. The summed E-state index contributed by atoms with van der Waals surface area (Å²) in [5.74, 6) is -0.0887. The first-order chi connectivity index (χ1) is 11.2. The summed E-state index contributed by atoms with van der Waals surface area (Å²) in [5, 5.41) is 0. The minimum atomic E-state index is -0.117. The minimum Gasteiger partial charge on any atom is -0.303 e. The molecule has 0 saturated heterocycles. The van der Waals surface area contributed by atoms with Gasteiger partial charge in [0.05, 0.1) is 0 Å². The Morgan fingerprint density at radius 1 is 1.00 bits per heavy atom. The first-order valence-corrected chi connectivity index (χ1v) is 8.09. The molecule has 0 aliphatic heterocycles. The zero-order valence-corrected chi connectivity index (χ0v) is 13.6.